The minimum absolute atomic E-state index is 0.0484. The van der Waals surface area contributed by atoms with E-state index in [0.717, 1.165) is 18.7 Å². The summed E-state index contributed by atoms with van der Waals surface area (Å²) in [7, 11) is 1.56. The Morgan fingerprint density at radius 3 is 2.48 bits per heavy atom. The Labute approximate surface area is 192 Å². The minimum Gasteiger partial charge on any atom is -0.508 e. The van der Waals surface area contributed by atoms with Crippen molar-refractivity contribution in [2.75, 3.05) is 46.5 Å². The molecular formula is C25H29N2O6+. The van der Waals surface area contributed by atoms with Gasteiger partial charge >= 0.3 is 0 Å². The van der Waals surface area contributed by atoms with Crippen LogP contribution in [0, 0.1) is 6.92 Å². The zero-order valence-electron chi connectivity index (χ0n) is 18.8. The first-order valence-corrected chi connectivity index (χ1v) is 11.0. The predicted octanol–water partition coefficient (Wildman–Crippen LogP) is 1.05. The maximum atomic E-state index is 13.1. The lowest BCUT2D eigenvalue weighted by Gasteiger charge is -2.29. The van der Waals surface area contributed by atoms with Crippen molar-refractivity contribution in [3.8, 4) is 11.5 Å². The van der Waals surface area contributed by atoms with E-state index in [4.69, 9.17) is 9.47 Å². The Morgan fingerprint density at radius 2 is 1.85 bits per heavy atom. The van der Waals surface area contributed by atoms with E-state index < -0.39 is 17.7 Å². The first-order valence-electron chi connectivity index (χ1n) is 11.0. The number of aliphatic hydroxyl groups excluding tert-OH is 1. The highest BCUT2D eigenvalue weighted by Crippen LogP contribution is 2.39. The van der Waals surface area contributed by atoms with E-state index in [2.05, 4.69) is 0 Å². The van der Waals surface area contributed by atoms with E-state index in [0.29, 0.717) is 43.2 Å². The number of ether oxygens (including phenoxy) is 2. The number of quaternary nitrogens is 1. The summed E-state index contributed by atoms with van der Waals surface area (Å²) in [5.41, 5.74) is 1.93. The highest BCUT2D eigenvalue weighted by molar-refractivity contribution is 6.46. The molecule has 2 aliphatic heterocycles. The van der Waals surface area contributed by atoms with E-state index in [1.54, 1.807) is 37.4 Å². The van der Waals surface area contributed by atoms with Crippen molar-refractivity contribution in [3.63, 3.8) is 0 Å². The van der Waals surface area contributed by atoms with Crippen LogP contribution in [0.5, 0.6) is 11.5 Å². The number of ketones is 1. The lowest BCUT2D eigenvalue weighted by Crippen LogP contribution is -3.14. The zero-order chi connectivity index (χ0) is 23.5. The number of hydrogen-bond donors (Lipinski definition) is 3. The number of methoxy groups -OCH3 is 1. The fraction of sp³-hybridized carbons (Fsp3) is 0.360. The summed E-state index contributed by atoms with van der Waals surface area (Å²) in [6.07, 6.45) is 0. The number of phenols is 1. The summed E-state index contributed by atoms with van der Waals surface area (Å²) in [6, 6.07) is 10.7. The van der Waals surface area contributed by atoms with Gasteiger partial charge in [0.1, 0.15) is 30.3 Å². The Bertz CT molecular complexity index is 1070. The van der Waals surface area contributed by atoms with Gasteiger partial charge in [0.25, 0.3) is 11.7 Å². The van der Waals surface area contributed by atoms with Crippen LogP contribution < -0.4 is 9.64 Å². The van der Waals surface area contributed by atoms with Gasteiger partial charge in [-0.25, -0.2) is 0 Å². The second-order valence-corrected chi connectivity index (χ2v) is 8.38. The number of aromatic hydroxyl groups is 1. The lowest BCUT2D eigenvalue weighted by molar-refractivity contribution is -0.907. The van der Waals surface area contributed by atoms with Gasteiger partial charge in [0.15, 0.2) is 0 Å². The summed E-state index contributed by atoms with van der Waals surface area (Å²) in [6.45, 7) is 5.92. The number of benzene rings is 2. The van der Waals surface area contributed by atoms with Crippen molar-refractivity contribution in [3.05, 3.63) is 64.7 Å². The molecule has 33 heavy (non-hydrogen) atoms. The van der Waals surface area contributed by atoms with E-state index in [1.165, 1.54) is 21.9 Å². The molecule has 2 aromatic rings. The highest BCUT2D eigenvalue weighted by atomic mass is 16.5. The smallest absolute Gasteiger partial charge is 0.295 e. The van der Waals surface area contributed by atoms with Gasteiger partial charge in [0.2, 0.25) is 0 Å². The molecular weight excluding hydrogens is 424 g/mol. The first kappa shape index (κ1) is 22.8. The van der Waals surface area contributed by atoms with Gasteiger partial charge in [0.05, 0.1) is 45.0 Å². The molecule has 0 radical (unpaired) electrons. The van der Waals surface area contributed by atoms with Crippen LogP contribution >= 0.6 is 0 Å². The highest BCUT2D eigenvalue weighted by Gasteiger charge is 2.46. The number of rotatable bonds is 6. The second kappa shape index (κ2) is 9.64. The molecule has 8 nitrogen and oxygen atoms in total. The van der Waals surface area contributed by atoms with Crippen LogP contribution in [0.25, 0.3) is 5.76 Å². The summed E-state index contributed by atoms with van der Waals surface area (Å²) >= 11 is 0. The summed E-state index contributed by atoms with van der Waals surface area (Å²) < 4.78 is 10.7. The SMILES string of the molecule is COc1ccc(C(O)=C2C(=O)C(=O)N(CC[NH+]3CCOCC3)C2c2ccc(O)cc2)cc1C. The van der Waals surface area contributed by atoms with Crippen molar-refractivity contribution in [2.45, 2.75) is 13.0 Å². The molecule has 2 saturated heterocycles. The third-order valence-corrected chi connectivity index (χ3v) is 6.32. The van der Waals surface area contributed by atoms with Gasteiger partial charge in [-0.1, -0.05) is 12.1 Å². The normalized spacial score (nSPS) is 20.9. The number of carbonyl (C=O) groups is 2. The van der Waals surface area contributed by atoms with Gasteiger partial charge < -0.3 is 29.5 Å². The number of nitrogens with one attached hydrogen (secondary N) is 1. The number of hydrogen-bond acceptors (Lipinski definition) is 6. The summed E-state index contributed by atoms with van der Waals surface area (Å²) in [4.78, 5) is 29.0. The Balaban J connectivity index is 1.74. The zero-order valence-corrected chi connectivity index (χ0v) is 18.8. The molecule has 0 saturated carbocycles. The van der Waals surface area contributed by atoms with Crippen molar-refractivity contribution in [1.29, 1.82) is 0 Å². The lowest BCUT2D eigenvalue weighted by atomic mass is 9.94. The molecule has 4 rings (SSSR count). The van der Waals surface area contributed by atoms with Crippen molar-refractivity contribution in [1.82, 2.24) is 4.90 Å². The average molecular weight is 454 g/mol. The van der Waals surface area contributed by atoms with Crippen LogP contribution in [-0.2, 0) is 14.3 Å². The number of phenolic OH excluding ortho intramolecular Hbond substituents is 1. The molecule has 2 aliphatic rings. The monoisotopic (exact) mass is 453 g/mol. The van der Waals surface area contributed by atoms with Gasteiger partial charge in [-0.2, -0.15) is 0 Å². The number of Topliss-reactive ketones (excluding diaryl/α,β-unsaturated/α-hetero) is 1. The molecule has 2 aromatic carbocycles. The molecule has 1 atom stereocenters. The molecule has 8 heteroatoms. The van der Waals surface area contributed by atoms with E-state index in [-0.39, 0.29) is 17.1 Å². The fourth-order valence-electron chi connectivity index (χ4n) is 4.48. The van der Waals surface area contributed by atoms with Crippen molar-refractivity contribution >= 4 is 17.4 Å². The maximum Gasteiger partial charge on any atom is 0.295 e. The number of morpholine rings is 1. The van der Waals surface area contributed by atoms with E-state index >= 15 is 0 Å². The van der Waals surface area contributed by atoms with Gasteiger partial charge in [-0.3, -0.25) is 9.59 Å². The molecule has 2 fully saturated rings. The van der Waals surface area contributed by atoms with Gasteiger partial charge in [0, 0.05) is 5.56 Å². The van der Waals surface area contributed by atoms with E-state index in [9.17, 15) is 19.8 Å². The standard InChI is InChI=1S/C25H28N2O6/c1-16-15-18(5-8-20(16)32-2)23(29)21-22(17-3-6-19(28)7-4-17)27(25(31)24(21)30)10-9-26-11-13-33-14-12-26/h3-8,15,22,28-29H,9-14H2,1-2H3/p+1. The topological polar surface area (TPSA) is 101 Å². The first-order chi connectivity index (χ1) is 15.9. The molecule has 2 heterocycles. The number of amides is 1. The maximum absolute atomic E-state index is 13.1. The second-order valence-electron chi connectivity index (χ2n) is 8.38. The number of aryl methyl sites for hydroxylation is 1. The van der Waals surface area contributed by atoms with Gasteiger partial charge in [-0.05, 0) is 48.4 Å². The summed E-state index contributed by atoms with van der Waals surface area (Å²) in [5, 5.41) is 20.9. The van der Waals surface area contributed by atoms with Crippen LogP contribution in [0.2, 0.25) is 0 Å². The average Bonchev–Trinajstić information content (AvgIpc) is 3.08. The molecule has 3 N–H and O–H groups in total. The molecule has 0 bridgehead atoms. The number of likely N-dealkylation sites (tertiary alicyclic amines) is 1. The van der Waals surface area contributed by atoms with Crippen LogP contribution in [0.3, 0.4) is 0 Å². The van der Waals surface area contributed by atoms with Crippen LogP contribution in [-0.4, -0.2) is 73.3 Å². The van der Waals surface area contributed by atoms with E-state index in [1.807, 2.05) is 6.92 Å². The third-order valence-electron chi connectivity index (χ3n) is 6.32. The Kier molecular flexibility index (Phi) is 6.67. The number of carbonyl (C=O) groups excluding carboxylic acids is 2. The summed E-state index contributed by atoms with van der Waals surface area (Å²) in [5.74, 6) is -0.822. The molecule has 1 amide bonds. The van der Waals surface area contributed by atoms with Crippen molar-refractivity contribution < 1.29 is 34.2 Å². The quantitative estimate of drug-likeness (QED) is 0.343. The molecule has 1 unspecified atom stereocenters. The number of aliphatic hydroxyl groups is 1. The Morgan fingerprint density at radius 1 is 1.15 bits per heavy atom. The van der Waals surface area contributed by atoms with Crippen LogP contribution in [0.15, 0.2) is 48.0 Å². The third kappa shape index (κ3) is 4.58. The predicted molar refractivity (Wildman–Crippen MR) is 121 cm³/mol. The molecule has 0 spiro atoms. The Hall–Kier alpha value is -3.36. The molecule has 174 valence electrons. The molecule has 0 aliphatic carbocycles. The number of nitrogens with zero attached hydrogens (tertiary/aromatic N) is 1. The fourth-order valence-corrected chi connectivity index (χ4v) is 4.48. The largest absolute Gasteiger partial charge is 0.508 e. The minimum atomic E-state index is -0.742. The van der Waals surface area contributed by atoms with Crippen molar-refractivity contribution in [2.24, 2.45) is 0 Å². The van der Waals surface area contributed by atoms with Gasteiger partial charge in [-0.15, -0.1) is 0 Å². The molecule has 0 aromatic heterocycles. The van der Waals surface area contributed by atoms with Crippen LogP contribution in [0.1, 0.15) is 22.7 Å². The van der Waals surface area contributed by atoms with Crippen LogP contribution in [0.4, 0.5) is 0 Å².